The first-order chi connectivity index (χ1) is 10.0. The second-order valence-corrected chi connectivity index (χ2v) is 4.06. The number of anilines is 2. The van der Waals surface area contributed by atoms with Crippen LogP contribution in [0.2, 0.25) is 0 Å². The summed E-state index contributed by atoms with van der Waals surface area (Å²) in [6, 6.07) is 2.57. The zero-order valence-electron chi connectivity index (χ0n) is 10.9. The van der Waals surface area contributed by atoms with Crippen LogP contribution in [-0.4, -0.2) is 26.8 Å². The monoisotopic (exact) mass is 289 g/mol. The highest BCUT2D eigenvalue weighted by atomic mass is 16.6. The summed E-state index contributed by atoms with van der Waals surface area (Å²) in [4.78, 5) is 36.2. The van der Waals surface area contributed by atoms with Crippen LogP contribution in [0.5, 0.6) is 0 Å². The van der Waals surface area contributed by atoms with Crippen molar-refractivity contribution in [3.63, 3.8) is 0 Å². The molecule has 1 aromatic carbocycles. The normalized spacial score (nSPS) is 9.95. The van der Waals surface area contributed by atoms with Crippen LogP contribution < -0.4 is 10.6 Å². The number of imidazole rings is 1. The van der Waals surface area contributed by atoms with Gasteiger partial charge in [-0.2, -0.15) is 0 Å². The van der Waals surface area contributed by atoms with Crippen molar-refractivity contribution in [1.82, 2.24) is 9.55 Å². The van der Waals surface area contributed by atoms with Crippen LogP contribution in [0, 0.1) is 10.1 Å². The molecule has 0 fully saturated rings. The molecule has 1 heterocycles. The fourth-order valence-electron chi connectivity index (χ4n) is 1.81. The van der Waals surface area contributed by atoms with E-state index in [2.05, 4.69) is 15.6 Å². The Labute approximate surface area is 118 Å². The number of nitrogens with one attached hydrogen (secondary N) is 2. The first kappa shape index (κ1) is 14.2. The Bertz CT molecular complexity index is 696. The van der Waals surface area contributed by atoms with Crippen LogP contribution in [0.3, 0.4) is 0 Å². The molecule has 0 atom stereocenters. The lowest BCUT2D eigenvalue weighted by Gasteiger charge is -2.12. The van der Waals surface area contributed by atoms with Gasteiger partial charge in [0.15, 0.2) is 0 Å². The molecular weight excluding hydrogens is 278 g/mol. The van der Waals surface area contributed by atoms with Crippen LogP contribution in [0.15, 0.2) is 30.9 Å². The minimum atomic E-state index is -0.580. The Kier molecular flexibility index (Phi) is 3.93. The van der Waals surface area contributed by atoms with E-state index in [9.17, 15) is 19.7 Å². The van der Waals surface area contributed by atoms with Crippen molar-refractivity contribution in [3.8, 4) is 5.69 Å². The van der Waals surface area contributed by atoms with Crippen molar-refractivity contribution in [2.45, 2.75) is 6.92 Å². The second kappa shape index (κ2) is 5.82. The van der Waals surface area contributed by atoms with Crippen LogP contribution in [0.1, 0.15) is 6.92 Å². The third kappa shape index (κ3) is 3.03. The zero-order chi connectivity index (χ0) is 15.4. The Morgan fingerprint density at radius 3 is 2.71 bits per heavy atom. The van der Waals surface area contributed by atoms with Crippen LogP contribution in [0.4, 0.5) is 17.1 Å². The predicted octanol–water partition coefficient (Wildman–Crippen LogP) is 1.31. The van der Waals surface area contributed by atoms with E-state index >= 15 is 0 Å². The van der Waals surface area contributed by atoms with E-state index in [1.165, 1.54) is 42.3 Å². The molecular formula is C12H11N5O4. The van der Waals surface area contributed by atoms with E-state index in [0.29, 0.717) is 6.41 Å². The summed E-state index contributed by atoms with van der Waals surface area (Å²) in [5, 5.41) is 16.0. The molecule has 9 heteroatoms. The Morgan fingerprint density at radius 1 is 1.43 bits per heavy atom. The number of carbonyl (C=O) groups is 2. The minimum absolute atomic E-state index is 0.135. The molecule has 0 aliphatic carbocycles. The summed E-state index contributed by atoms with van der Waals surface area (Å²) in [5.41, 5.74) is 0.379. The summed E-state index contributed by atoms with van der Waals surface area (Å²) in [6.45, 7) is 1.29. The third-order valence-electron chi connectivity index (χ3n) is 2.62. The van der Waals surface area contributed by atoms with Gasteiger partial charge >= 0.3 is 0 Å². The molecule has 2 aromatic rings. The molecule has 2 rings (SSSR count). The van der Waals surface area contributed by atoms with Gasteiger partial charge in [-0.3, -0.25) is 19.7 Å². The number of carbonyl (C=O) groups excluding carboxylic acids is 2. The Morgan fingerprint density at radius 2 is 2.19 bits per heavy atom. The van der Waals surface area contributed by atoms with Gasteiger partial charge in [0.25, 0.3) is 5.69 Å². The highest BCUT2D eigenvalue weighted by Gasteiger charge is 2.20. The summed E-state index contributed by atoms with van der Waals surface area (Å²) in [7, 11) is 0. The van der Waals surface area contributed by atoms with E-state index in [1.54, 1.807) is 0 Å². The van der Waals surface area contributed by atoms with Crippen molar-refractivity contribution in [2.24, 2.45) is 0 Å². The van der Waals surface area contributed by atoms with Crippen molar-refractivity contribution in [2.75, 3.05) is 10.6 Å². The Hall–Kier alpha value is -3.23. The lowest BCUT2D eigenvalue weighted by Crippen LogP contribution is -2.10. The molecule has 0 aliphatic heterocycles. The fraction of sp³-hybridized carbons (Fsp3) is 0.0833. The topological polar surface area (TPSA) is 119 Å². The molecule has 0 bridgehead atoms. The molecule has 21 heavy (non-hydrogen) atoms. The second-order valence-electron chi connectivity index (χ2n) is 4.06. The first-order valence-corrected chi connectivity index (χ1v) is 5.81. The largest absolute Gasteiger partial charge is 0.327 e. The van der Waals surface area contributed by atoms with Crippen molar-refractivity contribution in [1.29, 1.82) is 0 Å². The molecule has 2 N–H and O–H groups in total. The molecule has 0 spiro atoms. The average molecular weight is 289 g/mol. The van der Waals surface area contributed by atoms with E-state index in [4.69, 9.17) is 0 Å². The summed E-state index contributed by atoms with van der Waals surface area (Å²) in [5.74, 6) is -0.366. The number of hydrogen-bond acceptors (Lipinski definition) is 5. The molecule has 9 nitrogen and oxygen atoms in total. The number of amides is 2. The average Bonchev–Trinajstić information content (AvgIpc) is 2.93. The zero-order valence-corrected chi connectivity index (χ0v) is 10.9. The number of rotatable bonds is 5. The molecule has 0 aliphatic rings. The third-order valence-corrected chi connectivity index (χ3v) is 2.62. The van der Waals surface area contributed by atoms with Crippen LogP contribution >= 0.6 is 0 Å². The van der Waals surface area contributed by atoms with E-state index in [-0.39, 0.29) is 28.7 Å². The predicted molar refractivity (Wildman–Crippen MR) is 74.2 cm³/mol. The maximum atomic E-state index is 11.2. The lowest BCUT2D eigenvalue weighted by atomic mass is 10.2. The van der Waals surface area contributed by atoms with Crippen LogP contribution in [-0.2, 0) is 9.59 Å². The highest BCUT2D eigenvalue weighted by Crippen LogP contribution is 2.33. The van der Waals surface area contributed by atoms with Gasteiger partial charge in [0.2, 0.25) is 12.3 Å². The number of nitro groups is 1. The van der Waals surface area contributed by atoms with Gasteiger partial charge in [-0.1, -0.05) is 0 Å². The first-order valence-electron chi connectivity index (χ1n) is 5.81. The van der Waals surface area contributed by atoms with Gasteiger partial charge in [0.05, 0.1) is 22.6 Å². The standard InChI is InChI=1S/C12H11N5O4/c1-8(19)15-10-5-11(16-3-2-13-6-16)12(17(20)21)4-9(10)14-7-18/h2-7H,1H3,(H,14,18)(H,15,19). The summed E-state index contributed by atoms with van der Waals surface area (Å²) in [6.07, 6.45) is 4.78. The van der Waals surface area contributed by atoms with Crippen molar-refractivity contribution in [3.05, 3.63) is 41.0 Å². The SMILES string of the molecule is CC(=O)Nc1cc(-n2ccnc2)c([N+](=O)[O-])cc1NC=O. The molecule has 0 saturated heterocycles. The lowest BCUT2D eigenvalue weighted by molar-refractivity contribution is -0.384. The molecule has 2 amide bonds. The molecule has 0 saturated carbocycles. The molecule has 0 unspecified atom stereocenters. The van der Waals surface area contributed by atoms with Gasteiger partial charge in [0.1, 0.15) is 5.69 Å². The van der Waals surface area contributed by atoms with Crippen molar-refractivity contribution < 1.29 is 14.5 Å². The number of hydrogen-bond donors (Lipinski definition) is 2. The number of nitro benzene ring substituents is 1. The van der Waals surface area contributed by atoms with E-state index in [1.807, 2.05) is 0 Å². The van der Waals surface area contributed by atoms with Gasteiger partial charge in [-0.25, -0.2) is 4.98 Å². The molecule has 1 aromatic heterocycles. The summed E-state index contributed by atoms with van der Waals surface area (Å²) < 4.78 is 1.44. The van der Waals surface area contributed by atoms with Crippen molar-refractivity contribution >= 4 is 29.4 Å². The number of aromatic nitrogens is 2. The van der Waals surface area contributed by atoms with Gasteiger partial charge in [-0.05, 0) is 6.07 Å². The van der Waals surface area contributed by atoms with E-state index < -0.39 is 4.92 Å². The quantitative estimate of drug-likeness (QED) is 0.488. The van der Waals surface area contributed by atoms with Gasteiger partial charge < -0.3 is 15.2 Å². The van der Waals surface area contributed by atoms with Gasteiger partial charge in [-0.15, -0.1) is 0 Å². The van der Waals surface area contributed by atoms with E-state index in [0.717, 1.165) is 0 Å². The van der Waals surface area contributed by atoms with Gasteiger partial charge in [0, 0.05) is 25.4 Å². The molecule has 108 valence electrons. The number of nitrogens with zero attached hydrogens (tertiary/aromatic N) is 3. The number of benzene rings is 1. The smallest absolute Gasteiger partial charge is 0.295 e. The highest BCUT2D eigenvalue weighted by molar-refractivity contribution is 5.96. The molecule has 0 radical (unpaired) electrons. The Balaban J connectivity index is 2.65. The fourth-order valence-corrected chi connectivity index (χ4v) is 1.81. The summed E-state index contributed by atoms with van der Waals surface area (Å²) >= 11 is 0. The van der Waals surface area contributed by atoms with Crippen LogP contribution in [0.25, 0.3) is 5.69 Å². The maximum Gasteiger partial charge on any atom is 0.295 e. The minimum Gasteiger partial charge on any atom is -0.327 e. The maximum absolute atomic E-state index is 11.2.